The van der Waals surface area contributed by atoms with Crippen LogP contribution >= 0.6 is 24.8 Å². The van der Waals surface area contributed by atoms with Crippen LogP contribution in [0.3, 0.4) is 0 Å². The molecule has 0 aliphatic carbocycles. The summed E-state index contributed by atoms with van der Waals surface area (Å²) in [5, 5.41) is 18.2. The number of hydrogen-bond acceptors (Lipinski definition) is 8. The molecule has 0 bridgehead atoms. The summed E-state index contributed by atoms with van der Waals surface area (Å²) in [4.78, 5) is 26.4. The van der Waals surface area contributed by atoms with Gasteiger partial charge in [-0.3, -0.25) is 0 Å². The van der Waals surface area contributed by atoms with Crippen LogP contribution in [0.25, 0.3) is 0 Å². The highest BCUT2D eigenvalue weighted by Gasteiger charge is 2.36. The van der Waals surface area contributed by atoms with Gasteiger partial charge in [-0.15, -0.1) is 24.8 Å². The van der Waals surface area contributed by atoms with Crippen molar-refractivity contribution in [3.8, 4) is 0 Å². The number of aliphatic hydroxyl groups is 2. The Labute approximate surface area is 203 Å². The van der Waals surface area contributed by atoms with Gasteiger partial charge in [0, 0.05) is 25.2 Å². The minimum Gasteiger partial charge on any atom is -0.444 e. The van der Waals surface area contributed by atoms with E-state index in [1.807, 2.05) is 41.5 Å². The smallest absolute Gasteiger partial charge is 0.410 e. The first-order valence-corrected chi connectivity index (χ1v) is 10.4. The van der Waals surface area contributed by atoms with E-state index in [1.165, 1.54) is 9.80 Å². The Kier molecular flexibility index (Phi) is 14.1. The first kappa shape index (κ1) is 33.1. The summed E-state index contributed by atoms with van der Waals surface area (Å²) in [5.41, 5.74) is 10.4. The van der Waals surface area contributed by atoms with Gasteiger partial charge in [0.25, 0.3) is 0 Å². The van der Waals surface area contributed by atoms with Gasteiger partial charge in [-0.1, -0.05) is 0 Å². The number of halogens is 2. The fourth-order valence-corrected chi connectivity index (χ4v) is 3.34. The number of amides is 2. The fraction of sp³-hybridized carbons (Fsp3) is 0.900. The van der Waals surface area contributed by atoms with E-state index in [4.69, 9.17) is 31.2 Å². The molecule has 0 aromatic heterocycles. The molecule has 0 aromatic rings. The molecule has 0 spiro atoms. The molecule has 0 aromatic carbocycles. The Morgan fingerprint density at radius 1 is 0.781 bits per heavy atom. The van der Waals surface area contributed by atoms with Crippen molar-refractivity contribution in [1.29, 1.82) is 0 Å². The fourth-order valence-electron chi connectivity index (χ4n) is 3.34. The molecule has 32 heavy (non-hydrogen) atoms. The lowest BCUT2D eigenvalue weighted by Gasteiger charge is -2.27. The molecule has 4 atom stereocenters. The van der Waals surface area contributed by atoms with E-state index in [2.05, 4.69) is 0 Å². The maximum atomic E-state index is 11.7. The summed E-state index contributed by atoms with van der Waals surface area (Å²) in [6.07, 6.45) is 0.481. The van der Waals surface area contributed by atoms with Crippen LogP contribution < -0.4 is 11.5 Å². The zero-order chi connectivity index (χ0) is 23.3. The molecule has 2 saturated heterocycles. The van der Waals surface area contributed by atoms with Gasteiger partial charge in [-0.2, -0.15) is 0 Å². The van der Waals surface area contributed by atoms with Gasteiger partial charge in [0.15, 0.2) is 0 Å². The molecule has 6 N–H and O–H groups in total. The lowest BCUT2D eigenvalue weighted by Crippen LogP contribution is -2.41. The summed E-state index contributed by atoms with van der Waals surface area (Å²) in [6, 6.07) is -0.519. The van der Waals surface area contributed by atoms with E-state index in [0.29, 0.717) is 25.9 Å². The third-order valence-electron chi connectivity index (χ3n) is 4.57. The van der Waals surface area contributed by atoms with Crippen molar-refractivity contribution in [3.63, 3.8) is 0 Å². The van der Waals surface area contributed by atoms with Crippen LogP contribution in [0.5, 0.6) is 0 Å². The van der Waals surface area contributed by atoms with E-state index < -0.39 is 23.4 Å². The molecule has 0 saturated carbocycles. The predicted molar refractivity (Wildman–Crippen MR) is 127 cm³/mol. The number of carbonyl (C=O) groups is 2. The summed E-state index contributed by atoms with van der Waals surface area (Å²) < 4.78 is 10.4. The van der Waals surface area contributed by atoms with Crippen LogP contribution in [0, 0.1) is 0 Å². The van der Waals surface area contributed by atoms with Gasteiger partial charge >= 0.3 is 12.2 Å². The van der Waals surface area contributed by atoms with Gasteiger partial charge < -0.3 is 41.0 Å². The normalized spacial score (nSPS) is 25.2. The van der Waals surface area contributed by atoms with Crippen molar-refractivity contribution in [1.82, 2.24) is 9.80 Å². The minimum atomic E-state index is -0.510. The van der Waals surface area contributed by atoms with E-state index >= 15 is 0 Å². The van der Waals surface area contributed by atoms with E-state index in [9.17, 15) is 9.59 Å². The second-order valence-electron chi connectivity index (χ2n) is 9.93. The number of nitrogens with two attached hydrogens (primary N) is 2. The van der Waals surface area contributed by atoms with E-state index in [1.54, 1.807) is 0 Å². The maximum Gasteiger partial charge on any atom is 0.410 e. The molecule has 2 heterocycles. The van der Waals surface area contributed by atoms with Gasteiger partial charge in [0.05, 0.1) is 25.3 Å². The Morgan fingerprint density at radius 3 is 1.28 bits per heavy atom. The van der Waals surface area contributed by atoms with E-state index in [-0.39, 0.29) is 62.2 Å². The molecule has 2 amide bonds. The number of hydrogen-bond donors (Lipinski definition) is 4. The Balaban J connectivity index is 0. The van der Waals surface area contributed by atoms with E-state index in [0.717, 1.165) is 0 Å². The van der Waals surface area contributed by atoms with Crippen molar-refractivity contribution >= 4 is 37.0 Å². The van der Waals surface area contributed by atoms with Crippen LogP contribution in [0.15, 0.2) is 0 Å². The third-order valence-corrected chi connectivity index (χ3v) is 4.57. The molecule has 12 heteroatoms. The van der Waals surface area contributed by atoms with Crippen molar-refractivity contribution in [2.75, 3.05) is 26.3 Å². The van der Waals surface area contributed by atoms with Crippen LogP contribution in [0.2, 0.25) is 0 Å². The van der Waals surface area contributed by atoms with Gasteiger partial charge in [0.2, 0.25) is 0 Å². The van der Waals surface area contributed by atoms with Crippen molar-refractivity contribution < 1.29 is 29.3 Å². The zero-order valence-electron chi connectivity index (χ0n) is 19.9. The lowest BCUT2D eigenvalue weighted by atomic mass is 10.2. The third kappa shape index (κ3) is 11.2. The summed E-state index contributed by atoms with van der Waals surface area (Å²) in [6.45, 7) is 11.7. The number of aliphatic hydroxyl groups excluding tert-OH is 2. The minimum absolute atomic E-state index is 0. The maximum absolute atomic E-state index is 11.7. The molecule has 2 aliphatic heterocycles. The number of rotatable bonds is 2. The van der Waals surface area contributed by atoms with Crippen LogP contribution in [0.4, 0.5) is 9.59 Å². The van der Waals surface area contributed by atoms with Crippen molar-refractivity contribution in [2.45, 2.75) is 89.8 Å². The molecule has 192 valence electrons. The number of likely N-dealkylation sites (tertiary alicyclic amines) is 2. The van der Waals surface area contributed by atoms with Gasteiger partial charge in [-0.25, -0.2) is 9.59 Å². The van der Waals surface area contributed by atoms with Crippen LogP contribution in [-0.4, -0.2) is 93.9 Å². The molecule has 0 radical (unpaired) electrons. The first-order chi connectivity index (χ1) is 13.7. The Hall–Kier alpha value is -1.04. The Morgan fingerprint density at radius 2 is 1.06 bits per heavy atom. The average molecular weight is 505 g/mol. The highest BCUT2D eigenvalue weighted by Crippen LogP contribution is 2.20. The standard InChI is InChI=1S/2C10H20N2O3.2ClH/c2*1-10(2,3)15-9(14)12-5-7(11)4-8(12)6-13;;/h2*7-8,13H,4-6,11H2,1-3H3;2*1H/t2*7-,8-;;/m10../s1. The summed E-state index contributed by atoms with van der Waals surface area (Å²) in [7, 11) is 0. The molecule has 10 nitrogen and oxygen atoms in total. The van der Waals surface area contributed by atoms with Gasteiger partial charge in [0.1, 0.15) is 11.2 Å². The highest BCUT2D eigenvalue weighted by molar-refractivity contribution is 5.85. The lowest BCUT2D eigenvalue weighted by molar-refractivity contribution is 0.0166. The molecule has 2 aliphatic rings. The predicted octanol–water partition coefficient (Wildman–Crippen LogP) is 1.47. The molecule has 0 unspecified atom stereocenters. The van der Waals surface area contributed by atoms with Crippen LogP contribution in [-0.2, 0) is 9.47 Å². The largest absolute Gasteiger partial charge is 0.444 e. The second kappa shape index (κ2) is 13.6. The van der Waals surface area contributed by atoms with Crippen LogP contribution in [0.1, 0.15) is 54.4 Å². The Bertz CT molecular complexity index is 535. The number of nitrogens with zero attached hydrogens (tertiary/aromatic N) is 2. The second-order valence-corrected chi connectivity index (χ2v) is 9.93. The SMILES string of the molecule is CC(C)(C)OC(=O)N1C[C@@H](N)C[C@H]1CO.CC(C)(C)OC(=O)N1C[C@H](N)C[C@@H]1CO.Cl.Cl. The van der Waals surface area contributed by atoms with Crippen molar-refractivity contribution in [2.24, 2.45) is 11.5 Å². The molecule has 2 rings (SSSR count). The molecular weight excluding hydrogens is 463 g/mol. The summed E-state index contributed by atoms with van der Waals surface area (Å²) >= 11 is 0. The quantitative estimate of drug-likeness (QED) is 0.441. The number of carbonyl (C=O) groups excluding carboxylic acids is 2. The zero-order valence-corrected chi connectivity index (χ0v) is 21.6. The van der Waals surface area contributed by atoms with Gasteiger partial charge in [-0.05, 0) is 54.4 Å². The van der Waals surface area contributed by atoms with Crippen molar-refractivity contribution in [3.05, 3.63) is 0 Å². The number of ether oxygens (including phenoxy) is 2. The molecule has 2 fully saturated rings. The molecular formula is C20H42Cl2N4O6. The highest BCUT2D eigenvalue weighted by atomic mass is 35.5. The monoisotopic (exact) mass is 504 g/mol. The average Bonchev–Trinajstić information content (AvgIpc) is 3.14. The topological polar surface area (TPSA) is 152 Å². The summed E-state index contributed by atoms with van der Waals surface area (Å²) in [5.74, 6) is 0. The first-order valence-electron chi connectivity index (χ1n) is 10.4.